The van der Waals surface area contributed by atoms with E-state index >= 15 is 0 Å². The number of carbonyl (C=O) groups excluding carboxylic acids is 1. The summed E-state index contributed by atoms with van der Waals surface area (Å²) in [4.78, 5) is 15.2. The Balaban J connectivity index is 1.55. The van der Waals surface area contributed by atoms with Crippen LogP contribution in [0.4, 0.5) is 5.69 Å². The van der Waals surface area contributed by atoms with Crippen LogP contribution in [-0.2, 0) is 23.0 Å². The Morgan fingerprint density at radius 1 is 1.03 bits per heavy atom. The summed E-state index contributed by atoms with van der Waals surface area (Å²) in [5.74, 6) is 0.779. The molecule has 0 aliphatic carbocycles. The van der Waals surface area contributed by atoms with E-state index in [1.807, 2.05) is 23.6 Å². The van der Waals surface area contributed by atoms with Crippen molar-refractivity contribution in [3.8, 4) is 11.5 Å². The number of sulfonamides is 1. The minimum absolute atomic E-state index is 0.00281. The minimum atomic E-state index is -3.83. The Kier molecular flexibility index (Phi) is 5.88. The van der Waals surface area contributed by atoms with Crippen molar-refractivity contribution in [2.45, 2.75) is 17.9 Å². The lowest BCUT2D eigenvalue weighted by Gasteiger charge is -2.29. The summed E-state index contributed by atoms with van der Waals surface area (Å²) >= 11 is 1.42. The van der Waals surface area contributed by atoms with Gasteiger partial charge in [-0.2, -0.15) is 0 Å². The first kappa shape index (κ1) is 21.2. The van der Waals surface area contributed by atoms with Crippen LogP contribution < -0.4 is 14.2 Å². The second-order valence-corrected chi connectivity index (χ2v) is 9.69. The minimum Gasteiger partial charge on any atom is -0.493 e. The molecule has 9 heteroatoms. The summed E-state index contributed by atoms with van der Waals surface area (Å²) in [7, 11) is -0.884. The van der Waals surface area contributed by atoms with Crippen LogP contribution in [0.2, 0.25) is 0 Å². The predicted molar refractivity (Wildman–Crippen MR) is 120 cm³/mol. The Morgan fingerprint density at radius 2 is 1.84 bits per heavy atom. The quantitative estimate of drug-likeness (QED) is 0.608. The van der Waals surface area contributed by atoms with Gasteiger partial charge in [0, 0.05) is 24.8 Å². The van der Waals surface area contributed by atoms with Gasteiger partial charge >= 0.3 is 0 Å². The van der Waals surface area contributed by atoms with Gasteiger partial charge in [0.05, 0.1) is 24.0 Å². The van der Waals surface area contributed by atoms with Gasteiger partial charge < -0.3 is 14.4 Å². The fourth-order valence-electron chi connectivity index (χ4n) is 3.55. The molecule has 0 saturated carbocycles. The number of methoxy groups -OCH3 is 2. The predicted octanol–water partition coefficient (Wildman–Crippen LogP) is 3.76. The van der Waals surface area contributed by atoms with Crippen molar-refractivity contribution in [1.29, 1.82) is 0 Å². The van der Waals surface area contributed by atoms with Crippen molar-refractivity contribution in [1.82, 2.24) is 4.90 Å². The van der Waals surface area contributed by atoms with Gasteiger partial charge in [0.2, 0.25) is 0 Å². The first-order chi connectivity index (χ1) is 14.9. The zero-order chi connectivity index (χ0) is 22.0. The summed E-state index contributed by atoms with van der Waals surface area (Å²) < 4.78 is 38.8. The number of rotatable bonds is 6. The lowest BCUT2D eigenvalue weighted by atomic mass is 9.99. The lowest BCUT2D eigenvalue weighted by Crippen LogP contribution is -2.35. The fraction of sp³-hybridized carbons (Fsp3) is 0.227. The largest absolute Gasteiger partial charge is 0.493 e. The van der Waals surface area contributed by atoms with Crippen molar-refractivity contribution in [2.24, 2.45) is 0 Å². The molecule has 0 saturated heterocycles. The van der Waals surface area contributed by atoms with E-state index in [2.05, 4.69) is 4.72 Å². The smallest absolute Gasteiger partial charge is 0.264 e. The molecular weight excluding hydrogens is 436 g/mol. The van der Waals surface area contributed by atoms with E-state index in [1.165, 1.54) is 37.7 Å². The van der Waals surface area contributed by atoms with Gasteiger partial charge in [-0.1, -0.05) is 12.1 Å². The van der Waals surface area contributed by atoms with Crippen molar-refractivity contribution < 1.29 is 22.7 Å². The van der Waals surface area contributed by atoms with Crippen molar-refractivity contribution in [2.75, 3.05) is 25.5 Å². The van der Waals surface area contributed by atoms with Crippen LogP contribution in [0.5, 0.6) is 11.5 Å². The zero-order valence-electron chi connectivity index (χ0n) is 17.1. The number of benzene rings is 2. The van der Waals surface area contributed by atoms with Gasteiger partial charge in [-0.25, -0.2) is 8.42 Å². The number of carbonyl (C=O) groups is 1. The number of nitrogens with zero attached hydrogens (tertiary/aromatic N) is 1. The number of hydrogen-bond donors (Lipinski definition) is 1. The maximum atomic E-state index is 12.9. The summed E-state index contributed by atoms with van der Waals surface area (Å²) in [5.41, 5.74) is 2.49. The van der Waals surface area contributed by atoms with E-state index in [1.54, 1.807) is 23.1 Å². The number of fused-ring (bicyclic) bond motifs is 1. The Morgan fingerprint density at radius 3 is 2.55 bits per heavy atom. The second-order valence-electron chi connectivity index (χ2n) is 7.06. The molecule has 0 atom stereocenters. The average Bonchev–Trinajstić information content (AvgIpc) is 3.32. The van der Waals surface area contributed by atoms with E-state index in [-0.39, 0.29) is 10.8 Å². The Hall–Kier alpha value is -3.04. The van der Waals surface area contributed by atoms with Gasteiger partial charge in [0.25, 0.3) is 15.9 Å². The molecule has 162 valence electrons. The molecule has 0 unspecified atom stereocenters. The fourth-order valence-corrected chi connectivity index (χ4v) is 5.30. The van der Waals surface area contributed by atoms with Crippen LogP contribution in [0.3, 0.4) is 0 Å². The molecule has 1 amide bonds. The molecule has 2 aromatic carbocycles. The van der Waals surface area contributed by atoms with Gasteiger partial charge in [-0.15, -0.1) is 11.3 Å². The maximum Gasteiger partial charge on any atom is 0.264 e. The number of amides is 1. The summed E-state index contributed by atoms with van der Waals surface area (Å²) in [6, 6.07) is 13.6. The zero-order valence-corrected chi connectivity index (χ0v) is 18.8. The summed E-state index contributed by atoms with van der Waals surface area (Å²) in [5, 5.41) is 1.88. The SMILES string of the molecule is COc1ccc(S(=O)(=O)Nc2ccc3c(c2)CN(C(=O)c2cccs2)CC3)cc1OC. The number of thiophene rings is 1. The standard InChI is InChI=1S/C22H22N2O5S2/c1-28-19-8-7-18(13-20(19)29-2)31(26,27)23-17-6-5-15-9-10-24(14-16(15)12-17)22(25)21-4-3-11-30-21/h3-8,11-13,23H,9-10,14H2,1-2H3. The molecule has 4 rings (SSSR count). The topological polar surface area (TPSA) is 84.9 Å². The monoisotopic (exact) mass is 458 g/mol. The van der Waals surface area contributed by atoms with E-state index in [0.717, 1.165) is 17.5 Å². The molecule has 1 aliphatic rings. The number of nitrogens with one attached hydrogen (secondary N) is 1. The highest BCUT2D eigenvalue weighted by Gasteiger charge is 2.23. The molecule has 7 nitrogen and oxygen atoms in total. The molecule has 0 fully saturated rings. The van der Waals surface area contributed by atoms with Crippen LogP contribution in [0.1, 0.15) is 20.8 Å². The summed E-state index contributed by atoms with van der Waals surface area (Å²) in [6.07, 6.45) is 0.731. The first-order valence-electron chi connectivity index (χ1n) is 9.60. The third-order valence-corrected chi connectivity index (χ3v) is 7.39. The Labute approximate surface area is 185 Å². The van der Waals surface area contributed by atoms with Crippen LogP contribution in [-0.4, -0.2) is 40.0 Å². The maximum absolute atomic E-state index is 12.9. The second kappa shape index (κ2) is 8.60. The highest BCUT2D eigenvalue weighted by Crippen LogP contribution is 2.31. The highest BCUT2D eigenvalue weighted by atomic mass is 32.2. The van der Waals surface area contributed by atoms with Crippen LogP contribution in [0, 0.1) is 0 Å². The van der Waals surface area contributed by atoms with E-state index in [4.69, 9.17) is 9.47 Å². The molecule has 0 spiro atoms. The molecule has 1 N–H and O–H groups in total. The molecule has 1 aliphatic heterocycles. The lowest BCUT2D eigenvalue weighted by molar-refractivity contribution is 0.0739. The van der Waals surface area contributed by atoms with Crippen molar-refractivity contribution in [3.63, 3.8) is 0 Å². The molecule has 1 aromatic heterocycles. The van der Waals surface area contributed by atoms with Crippen LogP contribution in [0.15, 0.2) is 58.8 Å². The van der Waals surface area contributed by atoms with Crippen molar-refractivity contribution >= 4 is 33.0 Å². The normalized spacial score (nSPS) is 13.4. The van der Waals surface area contributed by atoms with E-state index in [9.17, 15) is 13.2 Å². The molecular formula is C22H22N2O5S2. The number of hydrogen-bond acceptors (Lipinski definition) is 6. The van der Waals surface area contributed by atoms with Crippen molar-refractivity contribution in [3.05, 3.63) is 69.9 Å². The molecule has 31 heavy (non-hydrogen) atoms. The first-order valence-corrected chi connectivity index (χ1v) is 12.0. The summed E-state index contributed by atoms with van der Waals surface area (Å²) in [6.45, 7) is 1.08. The van der Waals surface area contributed by atoms with Gasteiger partial charge in [0.15, 0.2) is 11.5 Å². The number of anilines is 1. The van der Waals surface area contributed by atoms with E-state index < -0.39 is 10.0 Å². The van der Waals surface area contributed by atoms with Gasteiger partial charge in [-0.3, -0.25) is 9.52 Å². The molecule has 3 aromatic rings. The average molecular weight is 459 g/mol. The molecule has 0 bridgehead atoms. The van der Waals surface area contributed by atoms with Crippen LogP contribution in [0.25, 0.3) is 0 Å². The molecule has 0 radical (unpaired) electrons. The Bertz CT molecular complexity index is 1210. The van der Waals surface area contributed by atoms with Gasteiger partial charge in [-0.05, 0) is 53.3 Å². The number of ether oxygens (including phenoxy) is 2. The van der Waals surface area contributed by atoms with Crippen LogP contribution >= 0.6 is 11.3 Å². The van der Waals surface area contributed by atoms with E-state index in [0.29, 0.717) is 35.2 Å². The molecule has 2 heterocycles. The third kappa shape index (κ3) is 4.38. The van der Waals surface area contributed by atoms with Gasteiger partial charge in [0.1, 0.15) is 0 Å². The third-order valence-electron chi connectivity index (χ3n) is 5.16. The highest BCUT2D eigenvalue weighted by molar-refractivity contribution is 7.92.